The van der Waals surface area contributed by atoms with Crippen LogP contribution in [0.25, 0.3) is 11.1 Å². The normalized spacial score (nSPS) is 12.8. The molecule has 4 aromatic carbocycles. The largest absolute Gasteiger partial charge is 0.514 e. The minimum absolute atomic E-state index is 0.0613. The van der Waals surface area contributed by atoms with E-state index >= 15 is 0 Å². The number of non-ortho nitro benzene ring substituents is 1. The van der Waals surface area contributed by atoms with Crippen LogP contribution in [0.2, 0.25) is 0 Å². The van der Waals surface area contributed by atoms with Crippen molar-refractivity contribution in [2.45, 2.75) is 84.1 Å². The third-order valence-corrected chi connectivity index (χ3v) is 9.61. The number of amides is 4. The van der Waals surface area contributed by atoms with Gasteiger partial charge in [-0.05, 0) is 98.0 Å². The zero-order chi connectivity index (χ0) is 44.1. The molecule has 2 atom stereocenters. The van der Waals surface area contributed by atoms with E-state index in [1.54, 1.807) is 58.9 Å². The van der Waals surface area contributed by atoms with Crippen molar-refractivity contribution in [3.8, 4) is 16.9 Å². The fourth-order valence-corrected chi connectivity index (χ4v) is 6.63. The summed E-state index contributed by atoms with van der Waals surface area (Å²) in [6.07, 6.45) is -1.23. The van der Waals surface area contributed by atoms with Crippen molar-refractivity contribution in [1.29, 1.82) is 0 Å². The van der Waals surface area contributed by atoms with E-state index in [4.69, 9.17) is 18.9 Å². The van der Waals surface area contributed by atoms with Crippen LogP contribution in [0.3, 0.4) is 0 Å². The Balaban J connectivity index is 1.18. The maximum atomic E-state index is 13.8. The van der Waals surface area contributed by atoms with Gasteiger partial charge in [0.15, 0.2) is 0 Å². The Hall–Kier alpha value is -6.97. The van der Waals surface area contributed by atoms with Crippen molar-refractivity contribution < 1.29 is 47.8 Å². The number of carbonyl (C=O) groups excluding carboxylic acids is 5. The molecule has 0 radical (unpaired) electrons. The molecule has 0 bridgehead atoms. The van der Waals surface area contributed by atoms with Gasteiger partial charge in [0.05, 0.1) is 4.92 Å². The number of nitrogens with one attached hydrogen (secondary N) is 4. The molecule has 0 spiro atoms. The van der Waals surface area contributed by atoms with Crippen LogP contribution in [-0.2, 0) is 30.4 Å². The highest BCUT2D eigenvalue weighted by atomic mass is 16.7. The molecule has 0 saturated carbocycles. The van der Waals surface area contributed by atoms with Crippen molar-refractivity contribution in [3.05, 3.63) is 124 Å². The van der Waals surface area contributed by atoms with E-state index < -0.39 is 52.8 Å². The van der Waals surface area contributed by atoms with Crippen molar-refractivity contribution in [1.82, 2.24) is 16.0 Å². The number of carbonyl (C=O) groups is 5. The average Bonchev–Trinajstić information content (AvgIpc) is 3.53. The monoisotopic (exact) mass is 837 g/mol. The molecule has 16 nitrogen and oxygen atoms in total. The van der Waals surface area contributed by atoms with Gasteiger partial charge in [0.2, 0.25) is 11.8 Å². The summed E-state index contributed by atoms with van der Waals surface area (Å²) in [5.41, 5.74) is 4.42. The molecule has 0 saturated heterocycles. The van der Waals surface area contributed by atoms with E-state index in [-0.39, 0.29) is 49.5 Å². The first kappa shape index (κ1) is 45.1. The van der Waals surface area contributed by atoms with E-state index in [2.05, 4.69) is 21.3 Å². The third-order valence-electron chi connectivity index (χ3n) is 9.61. The predicted molar refractivity (Wildman–Crippen MR) is 226 cm³/mol. The van der Waals surface area contributed by atoms with Crippen molar-refractivity contribution in [2.75, 3.05) is 18.5 Å². The molecule has 4 amide bonds. The molecule has 0 fully saturated rings. The maximum absolute atomic E-state index is 13.8. The van der Waals surface area contributed by atoms with Crippen LogP contribution in [0.1, 0.15) is 76.5 Å². The van der Waals surface area contributed by atoms with Crippen LogP contribution in [0.4, 0.5) is 25.8 Å². The summed E-state index contributed by atoms with van der Waals surface area (Å²) in [5.74, 6) is -1.57. The minimum Gasteiger partial charge on any atom is -0.449 e. The van der Waals surface area contributed by atoms with Gasteiger partial charge < -0.3 is 40.2 Å². The Morgan fingerprint density at radius 1 is 0.754 bits per heavy atom. The molecule has 322 valence electrons. The van der Waals surface area contributed by atoms with E-state index in [0.29, 0.717) is 24.1 Å². The highest BCUT2D eigenvalue weighted by Gasteiger charge is 2.32. The van der Waals surface area contributed by atoms with E-state index in [0.717, 1.165) is 22.3 Å². The molecule has 0 aromatic heterocycles. The van der Waals surface area contributed by atoms with Gasteiger partial charge in [0.25, 0.3) is 5.69 Å². The fraction of sp³-hybridized carbons (Fsp3) is 0.356. The standard InChI is InChI=1S/C45H51N5O11/c1-28(2)39(49-43(54)58-27-37-35-14-8-6-12-33(35)34-13-7-9-15-36(34)37)41(52)48-38(16-10-11-25-46-42(53)61-45(3,4)5)40(51)47-30-19-17-29(18-20-30)26-59-44(55)60-32-23-21-31(22-24-32)50(56)57/h6-9,12-15,17-24,28,37-39H,10-11,16,25-27H2,1-5H3,(H,46,53)(H,47,51)(H,48,52)(H,49,54)/t38-,39?/m0/s1. The number of nitro benzene ring substituents is 1. The number of alkyl carbamates (subject to hydrolysis) is 2. The first-order chi connectivity index (χ1) is 29.1. The van der Waals surface area contributed by atoms with Crippen LogP contribution in [-0.4, -0.2) is 65.9 Å². The number of anilines is 1. The summed E-state index contributed by atoms with van der Waals surface area (Å²) in [4.78, 5) is 75.3. The summed E-state index contributed by atoms with van der Waals surface area (Å²) in [7, 11) is 0. The second-order valence-corrected chi connectivity index (χ2v) is 15.8. The fourth-order valence-electron chi connectivity index (χ4n) is 6.63. The number of hydrogen-bond donors (Lipinski definition) is 4. The van der Waals surface area contributed by atoms with Crippen LogP contribution >= 0.6 is 0 Å². The second kappa shape index (κ2) is 20.8. The van der Waals surface area contributed by atoms with E-state index in [9.17, 15) is 34.1 Å². The SMILES string of the molecule is CC(C)C(NC(=O)OCC1c2ccccc2-c2ccccc21)C(=O)N[C@@H](CCCCNC(=O)OC(C)(C)C)C(=O)Nc1ccc(COC(=O)Oc2ccc([N+](=O)[O-])cc2)cc1. The van der Waals surface area contributed by atoms with Gasteiger partial charge in [-0.25, -0.2) is 14.4 Å². The van der Waals surface area contributed by atoms with Crippen molar-refractivity contribution in [3.63, 3.8) is 0 Å². The second-order valence-electron chi connectivity index (χ2n) is 15.8. The number of benzene rings is 4. The molecule has 1 unspecified atom stereocenters. The maximum Gasteiger partial charge on any atom is 0.514 e. The van der Waals surface area contributed by atoms with E-state index in [1.165, 1.54) is 24.3 Å². The lowest BCUT2D eigenvalue weighted by molar-refractivity contribution is -0.384. The summed E-state index contributed by atoms with van der Waals surface area (Å²) in [6.45, 7) is 8.99. The number of nitrogens with zero attached hydrogens (tertiary/aromatic N) is 1. The van der Waals surface area contributed by atoms with Crippen LogP contribution in [0.5, 0.6) is 5.75 Å². The Bertz CT molecular complexity index is 2140. The van der Waals surface area contributed by atoms with Gasteiger partial charge >= 0.3 is 18.3 Å². The zero-order valence-electron chi connectivity index (χ0n) is 34.7. The molecule has 1 aliphatic carbocycles. The van der Waals surface area contributed by atoms with Crippen LogP contribution in [0.15, 0.2) is 97.1 Å². The van der Waals surface area contributed by atoms with Crippen LogP contribution < -0.4 is 26.0 Å². The van der Waals surface area contributed by atoms with Gasteiger partial charge in [0, 0.05) is 30.3 Å². The lowest BCUT2D eigenvalue weighted by atomic mass is 9.98. The average molecular weight is 838 g/mol. The van der Waals surface area contributed by atoms with Gasteiger partial charge in [-0.15, -0.1) is 0 Å². The highest BCUT2D eigenvalue weighted by molar-refractivity contribution is 5.98. The molecule has 5 rings (SSSR count). The first-order valence-electron chi connectivity index (χ1n) is 20.0. The van der Waals surface area contributed by atoms with Crippen molar-refractivity contribution in [2.24, 2.45) is 5.92 Å². The number of nitro groups is 1. The Kier molecular flexibility index (Phi) is 15.4. The topological polar surface area (TPSA) is 214 Å². The summed E-state index contributed by atoms with van der Waals surface area (Å²) in [5, 5.41) is 21.9. The summed E-state index contributed by atoms with van der Waals surface area (Å²) >= 11 is 0. The molecule has 16 heteroatoms. The molecule has 4 aromatic rings. The lowest BCUT2D eigenvalue weighted by Gasteiger charge is -2.25. The third kappa shape index (κ3) is 13.3. The first-order valence-corrected chi connectivity index (χ1v) is 20.0. The smallest absolute Gasteiger partial charge is 0.449 e. The number of hydrogen-bond acceptors (Lipinski definition) is 11. The number of fused-ring (bicyclic) bond motifs is 3. The Morgan fingerprint density at radius 3 is 1.97 bits per heavy atom. The van der Waals surface area contributed by atoms with Gasteiger partial charge in [-0.1, -0.05) is 74.5 Å². The molecule has 0 aliphatic heterocycles. The number of rotatable bonds is 17. The van der Waals surface area contributed by atoms with Gasteiger partial charge in [0.1, 0.15) is 36.6 Å². The molecular weight excluding hydrogens is 787 g/mol. The summed E-state index contributed by atoms with van der Waals surface area (Å²) in [6, 6.07) is 25.2. The summed E-state index contributed by atoms with van der Waals surface area (Å²) < 4.78 is 21.2. The highest BCUT2D eigenvalue weighted by Crippen LogP contribution is 2.44. The lowest BCUT2D eigenvalue weighted by Crippen LogP contribution is -2.54. The molecule has 0 heterocycles. The predicted octanol–water partition coefficient (Wildman–Crippen LogP) is 7.99. The van der Waals surface area contributed by atoms with Gasteiger partial charge in [-0.3, -0.25) is 19.7 Å². The van der Waals surface area contributed by atoms with Gasteiger partial charge in [-0.2, -0.15) is 0 Å². The Labute approximate surface area is 353 Å². The minimum atomic E-state index is -1.04. The molecule has 61 heavy (non-hydrogen) atoms. The van der Waals surface area contributed by atoms with E-state index in [1.807, 2.05) is 48.5 Å². The zero-order valence-corrected chi connectivity index (χ0v) is 34.7. The van der Waals surface area contributed by atoms with Crippen molar-refractivity contribution >= 4 is 41.5 Å². The quantitative estimate of drug-likeness (QED) is 0.0200. The van der Waals surface area contributed by atoms with Crippen LogP contribution in [0, 0.1) is 16.0 Å². The number of ether oxygens (including phenoxy) is 4. The molecule has 4 N–H and O–H groups in total. The molecule has 1 aliphatic rings. The number of unbranched alkanes of at least 4 members (excludes halogenated alkanes) is 1. The molecular formula is C45H51N5O11. The Morgan fingerprint density at radius 2 is 1.38 bits per heavy atom.